The standard InChI is InChI=1S/C14H20BrFN2O2S/c1-4-7-18(6-3)21(19,20)13-9-12(15)8-11(14(13)16)10-17-5-2/h4,8-9,17H,1,5-7,10H2,2-3H3. The topological polar surface area (TPSA) is 49.4 Å². The number of hydrogen-bond acceptors (Lipinski definition) is 3. The van der Waals surface area contributed by atoms with E-state index in [1.165, 1.54) is 16.4 Å². The van der Waals surface area contributed by atoms with E-state index in [2.05, 4.69) is 27.8 Å². The molecule has 0 bridgehead atoms. The van der Waals surface area contributed by atoms with Crippen molar-refractivity contribution >= 4 is 26.0 Å². The quantitative estimate of drug-likeness (QED) is 0.707. The number of likely N-dealkylation sites (N-methyl/N-ethyl adjacent to an activating group) is 1. The van der Waals surface area contributed by atoms with Gasteiger partial charge in [-0.3, -0.25) is 0 Å². The summed E-state index contributed by atoms with van der Waals surface area (Å²) in [6.07, 6.45) is 1.48. The number of rotatable bonds is 8. The van der Waals surface area contributed by atoms with E-state index in [0.29, 0.717) is 16.6 Å². The molecule has 0 aliphatic heterocycles. The Bertz CT molecular complexity index is 605. The Morgan fingerprint density at radius 2 is 2.10 bits per heavy atom. The van der Waals surface area contributed by atoms with Crippen molar-refractivity contribution in [3.8, 4) is 0 Å². The molecule has 4 nitrogen and oxygen atoms in total. The normalized spacial score (nSPS) is 11.9. The minimum absolute atomic E-state index is 0.146. The molecule has 0 saturated heterocycles. The van der Waals surface area contributed by atoms with Crippen molar-refractivity contribution in [1.29, 1.82) is 0 Å². The van der Waals surface area contributed by atoms with Crippen LogP contribution >= 0.6 is 15.9 Å². The predicted octanol–water partition coefficient (Wildman–Crippen LogP) is 2.89. The van der Waals surface area contributed by atoms with Crippen molar-refractivity contribution in [2.75, 3.05) is 19.6 Å². The zero-order chi connectivity index (χ0) is 16.0. The molecule has 0 aliphatic rings. The smallest absolute Gasteiger partial charge is 0.246 e. The first-order valence-electron chi connectivity index (χ1n) is 6.68. The first-order valence-corrected chi connectivity index (χ1v) is 8.91. The van der Waals surface area contributed by atoms with E-state index in [1.54, 1.807) is 13.0 Å². The summed E-state index contributed by atoms with van der Waals surface area (Å²) < 4.78 is 41.3. The van der Waals surface area contributed by atoms with E-state index in [-0.39, 0.29) is 24.5 Å². The van der Waals surface area contributed by atoms with Crippen LogP contribution < -0.4 is 5.32 Å². The number of nitrogens with zero attached hydrogens (tertiary/aromatic N) is 1. The fourth-order valence-corrected chi connectivity index (χ4v) is 4.08. The molecule has 1 rings (SSSR count). The third-order valence-electron chi connectivity index (χ3n) is 2.95. The summed E-state index contributed by atoms with van der Waals surface area (Å²) >= 11 is 3.24. The summed E-state index contributed by atoms with van der Waals surface area (Å²) in [5.41, 5.74) is 0.319. The van der Waals surface area contributed by atoms with Gasteiger partial charge in [0.25, 0.3) is 0 Å². The number of halogens is 2. The van der Waals surface area contributed by atoms with E-state index in [1.807, 2.05) is 6.92 Å². The van der Waals surface area contributed by atoms with E-state index in [4.69, 9.17) is 0 Å². The lowest BCUT2D eigenvalue weighted by Crippen LogP contribution is -2.32. The van der Waals surface area contributed by atoms with Crippen molar-refractivity contribution in [1.82, 2.24) is 9.62 Å². The molecule has 1 aromatic rings. The third-order valence-corrected chi connectivity index (χ3v) is 5.35. The largest absolute Gasteiger partial charge is 0.313 e. The number of sulfonamides is 1. The van der Waals surface area contributed by atoms with Crippen LogP contribution in [0.1, 0.15) is 19.4 Å². The van der Waals surface area contributed by atoms with Crippen molar-refractivity contribution in [3.63, 3.8) is 0 Å². The fourth-order valence-electron chi connectivity index (χ4n) is 1.87. The van der Waals surface area contributed by atoms with Gasteiger partial charge in [0.1, 0.15) is 10.7 Å². The molecule has 0 saturated carbocycles. The van der Waals surface area contributed by atoms with Gasteiger partial charge in [0.2, 0.25) is 10.0 Å². The van der Waals surface area contributed by atoms with Gasteiger partial charge < -0.3 is 5.32 Å². The molecule has 1 aromatic carbocycles. The van der Waals surface area contributed by atoms with Crippen LogP contribution in [0.2, 0.25) is 0 Å². The second-order valence-electron chi connectivity index (χ2n) is 4.40. The maximum absolute atomic E-state index is 14.5. The second-order valence-corrected chi connectivity index (χ2v) is 7.22. The summed E-state index contributed by atoms with van der Waals surface area (Å²) in [5, 5.41) is 2.99. The Kier molecular flexibility index (Phi) is 6.99. The van der Waals surface area contributed by atoms with Crippen LogP contribution in [0, 0.1) is 5.82 Å². The molecule has 0 amide bonds. The zero-order valence-electron chi connectivity index (χ0n) is 12.2. The lowest BCUT2D eigenvalue weighted by molar-refractivity contribution is 0.452. The van der Waals surface area contributed by atoms with E-state index in [9.17, 15) is 12.8 Å². The molecule has 7 heteroatoms. The van der Waals surface area contributed by atoms with E-state index < -0.39 is 15.8 Å². The Hall–Kier alpha value is -0.760. The first-order chi connectivity index (χ1) is 9.88. The molecule has 0 unspecified atom stereocenters. The van der Waals surface area contributed by atoms with Crippen LogP contribution in [-0.2, 0) is 16.6 Å². The second kappa shape index (κ2) is 8.03. The summed E-state index contributed by atoms with van der Waals surface area (Å²) in [6, 6.07) is 2.88. The monoisotopic (exact) mass is 378 g/mol. The maximum atomic E-state index is 14.5. The van der Waals surface area contributed by atoms with E-state index in [0.717, 1.165) is 0 Å². The van der Waals surface area contributed by atoms with Gasteiger partial charge in [-0.15, -0.1) is 6.58 Å². The molecule has 0 heterocycles. The maximum Gasteiger partial charge on any atom is 0.246 e. The molecule has 0 atom stereocenters. The van der Waals surface area contributed by atoms with Gasteiger partial charge in [-0.2, -0.15) is 4.31 Å². The Labute approximate surface area is 134 Å². The number of nitrogens with one attached hydrogen (secondary N) is 1. The van der Waals surface area contributed by atoms with E-state index >= 15 is 0 Å². The van der Waals surface area contributed by atoms with Crippen LogP contribution in [0.3, 0.4) is 0 Å². The van der Waals surface area contributed by atoms with Gasteiger partial charge in [-0.25, -0.2) is 12.8 Å². The molecule has 118 valence electrons. The van der Waals surface area contributed by atoms with Gasteiger partial charge in [0.05, 0.1) is 0 Å². The highest BCUT2D eigenvalue weighted by atomic mass is 79.9. The third kappa shape index (κ3) is 4.35. The van der Waals surface area contributed by atoms with Gasteiger partial charge in [-0.1, -0.05) is 35.9 Å². The van der Waals surface area contributed by atoms with Crippen LogP contribution in [-0.4, -0.2) is 32.4 Å². The predicted molar refractivity (Wildman–Crippen MR) is 86.1 cm³/mol. The van der Waals surface area contributed by atoms with Gasteiger partial charge in [0, 0.05) is 29.7 Å². The molecule has 0 fully saturated rings. The molecule has 21 heavy (non-hydrogen) atoms. The SMILES string of the molecule is C=CCN(CC)S(=O)(=O)c1cc(Br)cc(CNCC)c1F. The van der Waals surface area contributed by atoms with Crippen molar-refractivity contribution in [2.45, 2.75) is 25.3 Å². The van der Waals surface area contributed by atoms with Crippen molar-refractivity contribution in [2.24, 2.45) is 0 Å². The average Bonchev–Trinajstić information content (AvgIpc) is 2.44. The molecule has 0 spiro atoms. The minimum atomic E-state index is -3.88. The summed E-state index contributed by atoms with van der Waals surface area (Å²) in [5.74, 6) is -0.707. The zero-order valence-corrected chi connectivity index (χ0v) is 14.6. The van der Waals surface area contributed by atoms with Crippen LogP contribution in [0.15, 0.2) is 34.2 Å². The van der Waals surface area contributed by atoms with Crippen LogP contribution in [0.25, 0.3) is 0 Å². The van der Waals surface area contributed by atoms with Gasteiger partial charge >= 0.3 is 0 Å². The Morgan fingerprint density at radius 3 is 2.62 bits per heavy atom. The first kappa shape index (κ1) is 18.3. The molecule has 0 aliphatic carbocycles. The highest BCUT2D eigenvalue weighted by molar-refractivity contribution is 9.10. The summed E-state index contributed by atoms with van der Waals surface area (Å²) in [7, 11) is -3.88. The summed E-state index contributed by atoms with van der Waals surface area (Å²) in [4.78, 5) is -0.312. The number of hydrogen-bond donors (Lipinski definition) is 1. The Morgan fingerprint density at radius 1 is 1.43 bits per heavy atom. The van der Waals surface area contributed by atoms with Gasteiger partial charge in [0.15, 0.2) is 0 Å². The summed E-state index contributed by atoms with van der Waals surface area (Å²) in [6.45, 7) is 8.49. The fraction of sp³-hybridized carbons (Fsp3) is 0.429. The molecule has 0 radical (unpaired) electrons. The Balaban J connectivity index is 3.34. The molecule has 1 N–H and O–H groups in total. The molecular formula is C14H20BrFN2O2S. The highest BCUT2D eigenvalue weighted by Gasteiger charge is 2.27. The highest BCUT2D eigenvalue weighted by Crippen LogP contribution is 2.26. The van der Waals surface area contributed by atoms with Crippen molar-refractivity contribution < 1.29 is 12.8 Å². The number of benzene rings is 1. The lowest BCUT2D eigenvalue weighted by Gasteiger charge is -2.20. The minimum Gasteiger partial charge on any atom is -0.313 e. The average molecular weight is 379 g/mol. The van der Waals surface area contributed by atoms with Crippen LogP contribution in [0.4, 0.5) is 4.39 Å². The lowest BCUT2D eigenvalue weighted by atomic mass is 10.2. The molecule has 0 aromatic heterocycles. The molecular weight excluding hydrogens is 359 g/mol. The van der Waals surface area contributed by atoms with Crippen LogP contribution in [0.5, 0.6) is 0 Å². The van der Waals surface area contributed by atoms with Gasteiger partial charge in [-0.05, 0) is 18.7 Å². The van der Waals surface area contributed by atoms with Crippen molar-refractivity contribution in [3.05, 3.63) is 40.6 Å².